The second-order valence-corrected chi connectivity index (χ2v) is 3.93. The number of ether oxygens (including phenoxy) is 2. The number of benzene rings is 1. The van der Waals surface area contributed by atoms with Crippen molar-refractivity contribution < 1.29 is 14.6 Å². The number of hydrogen-bond donors (Lipinski definition) is 1. The molecule has 0 radical (unpaired) electrons. The van der Waals surface area contributed by atoms with Gasteiger partial charge in [0, 0.05) is 12.7 Å². The molecule has 0 heterocycles. The van der Waals surface area contributed by atoms with Crippen LogP contribution in [0.4, 0.5) is 0 Å². The Morgan fingerprint density at radius 2 is 2.13 bits per heavy atom. The summed E-state index contributed by atoms with van der Waals surface area (Å²) in [6, 6.07) is 7.58. The fraction of sp³-hybridized carbons (Fsp3) is 0.500. The lowest BCUT2D eigenvalue weighted by atomic mass is 10.3. The Bertz CT molecular complexity index is 324. The highest BCUT2D eigenvalue weighted by Gasteiger charge is 2.36. The summed E-state index contributed by atoms with van der Waals surface area (Å²) in [6.07, 6.45) is 1.08. The van der Waals surface area contributed by atoms with Crippen molar-refractivity contribution in [3.63, 3.8) is 0 Å². The van der Waals surface area contributed by atoms with Crippen molar-refractivity contribution in [1.29, 1.82) is 0 Å². The van der Waals surface area contributed by atoms with E-state index in [0.717, 1.165) is 17.9 Å². The van der Waals surface area contributed by atoms with Gasteiger partial charge in [0.2, 0.25) is 0 Å². The smallest absolute Gasteiger partial charge is 0.122 e. The van der Waals surface area contributed by atoms with Crippen molar-refractivity contribution in [2.45, 2.75) is 6.42 Å². The molecular formula is C12H16O3. The van der Waals surface area contributed by atoms with Gasteiger partial charge in [-0.15, -0.1) is 0 Å². The van der Waals surface area contributed by atoms with Crippen LogP contribution in [0.15, 0.2) is 24.3 Å². The van der Waals surface area contributed by atoms with E-state index in [2.05, 4.69) is 0 Å². The van der Waals surface area contributed by atoms with Crippen LogP contribution in [-0.4, -0.2) is 25.4 Å². The molecule has 1 aromatic carbocycles. The van der Waals surface area contributed by atoms with Gasteiger partial charge in [-0.05, 0) is 30.4 Å². The lowest BCUT2D eigenvalue weighted by molar-refractivity contribution is 0.242. The summed E-state index contributed by atoms with van der Waals surface area (Å²) < 4.78 is 10.7. The Kier molecular flexibility index (Phi) is 3.11. The van der Waals surface area contributed by atoms with Crippen LogP contribution in [0.2, 0.25) is 0 Å². The first-order valence-electron chi connectivity index (χ1n) is 5.21. The second-order valence-electron chi connectivity index (χ2n) is 3.93. The van der Waals surface area contributed by atoms with E-state index in [9.17, 15) is 0 Å². The maximum atomic E-state index is 8.88. The molecule has 0 saturated heterocycles. The van der Waals surface area contributed by atoms with Crippen molar-refractivity contribution in [2.24, 2.45) is 11.8 Å². The largest absolute Gasteiger partial charge is 0.497 e. The molecule has 1 fully saturated rings. The van der Waals surface area contributed by atoms with Gasteiger partial charge in [0.05, 0.1) is 13.7 Å². The molecule has 3 nitrogen and oxygen atoms in total. The van der Waals surface area contributed by atoms with E-state index in [1.165, 1.54) is 0 Å². The number of hydrogen-bond acceptors (Lipinski definition) is 3. The third-order valence-electron chi connectivity index (χ3n) is 2.81. The van der Waals surface area contributed by atoms with E-state index in [0.29, 0.717) is 18.4 Å². The molecule has 1 aromatic rings. The molecule has 1 aliphatic rings. The zero-order valence-electron chi connectivity index (χ0n) is 8.85. The van der Waals surface area contributed by atoms with E-state index >= 15 is 0 Å². The Balaban J connectivity index is 1.83. The quantitative estimate of drug-likeness (QED) is 0.800. The van der Waals surface area contributed by atoms with Crippen molar-refractivity contribution >= 4 is 0 Å². The highest BCUT2D eigenvalue weighted by molar-refractivity contribution is 5.32. The molecule has 1 saturated carbocycles. The summed E-state index contributed by atoms with van der Waals surface area (Å²) in [5, 5.41) is 8.88. The van der Waals surface area contributed by atoms with Gasteiger partial charge in [0.15, 0.2) is 0 Å². The van der Waals surface area contributed by atoms with E-state index in [-0.39, 0.29) is 6.61 Å². The fourth-order valence-corrected chi connectivity index (χ4v) is 1.63. The molecule has 0 spiro atoms. The SMILES string of the molecule is COc1cccc(OCC2CC2CO)c1. The molecule has 2 atom stereocenters. The van der Waals surface area contributed by atoms with Gasteiger partial charge in [-0.25, -0.2) is 0 Å². The van der Waals surface area contributed by atoms with Crippen molar-refractivity contribution in [3.8, 4) is 11.5 Å². The first kappa shape index (κ1) is 10.3. The van der Waals surface area contributed by atoms with E-state index < -0.39 is 0 Å². The molecule has 0 aromatic heterocycles. The number of methoxy groups -OCH3 is 1. The fourth-order valence-electron chi connectivity index (χ4n) is 1.63. The molecule has 1 N–H and O–H groups in total. The highest BCUT2D eigenvalue weighted by Crippen LogP contribution is 2.38. The molecule has 2 unspecified atom stereocenters. The molecule has 1 aliphatic carbocycles. The Labute approximate surface area is 89.6 Å². The van der Waals surface area contributed by atoms with Crippen LogP contribution >= 0.6 is 0 Å². The monoisotopic (exact) mass is 208 g/mol. The minimum absolute atomic E-state index is 0.284. The molecule has 3 heteroatoms. The first-order valence-corrected chi connectivity index (χ1v) is 5.21. The number of rotatable bonds is 5. The molecule has 0 bridgehead atoms. The standard InChI is InChI=1S/C12H16O3/c1-14-11-3-2-4-12(6-11)15-8-10-5-9(10)7-13/h2-4,6,9-10,13H,5,7-8H2,1H3. The summed E-state index contributed by atoms with van der Waals surface area (Å²) in [4.78, 5) is 0. The van der Waals surface area contributed by atoms with Crippen LogP contribution in [0.5, 0.6) is 11.5 Å². The third-order valence-corrected chi connectivity index (χ3v) is 2.81. The van der Waals surface area contributed by atoms with Gasteiger partial charge in [-0.2, -0.15) is 0 Å². The van der Waals surface area contributed by atoms with Gasteiger partial charge >= 0.3 is 0 Å². The van der Waals surface area contributed by atoms with Crippen LogP contribution in [0.25, 0.3) is 0 Å². The molecule has 2 rings (SSSR count). The third kappa shape index (κ3) is 2.63. The van der Waals surface area contributed by atoms with Gasteiger partial charge < -0.3 is 14.6 Å². The van der Waals surface area contributed by atoms with E-state index in [4.69, 9.17) is 14.6 Å². The Morgan fingerprint density at radius 3 is 2.80 bits per heavy atom. The summed E-state index contributed by atoms with van der Waals surface area (Å²) in [6.45, 7) is 0.977. The van der Waals surface area contributed by atoms with E-state index in [1.54, 1.807) is 7.11 Å². The van der Waals surface area contributed by atoms with Crippen LogP contribution in [0.3, 0.4) is 0 Å². The molecule has 82 valence electrons. The molecule has 0 aliphatic heterocycles. The lowest BCUT2D eigenvalue weighted by Gasteiger charge is -2.06. The Hall–Kier alpha value is -1.22. The van der Waals surface area contributed by atoms with E-state index in [1.807, 2.05) is 24.3 Å². The molecule has 0 amide bonds. The summed E-state index contributed by atoms with van der Waals surface area (Å²) >= 11 is 0. The van der Waals surface area contributed by atoms with Crippen molar-refractivity contribution in [1.82, 2.24) is 0 Å². The summed E-state index contributed by atoms with van der Waals surface area (Å²) in [7, 11) is 1.64. The Morgan fingerprint density at radius 1 is 1.33 bits per heavy atom. The van der Waals surface area contributed by atoms with Crippen molar-refractivity contribution in [3.05, 3.63) is 24.3 Å². The average molecular weight is 208 g/mol. The van der Waals surface area contributed by atoms with Crippen molar-refractivity contribution in [2.75, 3.05) is 20.3 Å². The second kappa shape index (κ2) is 4.53. The van der Waals surface area contributed by atoms with Crippen LogP contribution in [0.1, 0.15) is 6.42 Å². The predicted molar refractivity (Wildman–Crippen MR) is 57.2 cm³/mol. The molecular weight excluding hydrogens is 192 g/mol. The highest BCUT2D eigenvalue weighted by atomic mass is 16.5. The summed E-state index contributed by atoms with van der Waals surface area (Å²) in [5.74, 6) is 2.62. The zero-order chi connectivity index (χ0) is 10.7. The topological polar surface area (TPSA) is 38.7 Å². The van der Waals surface area contributed by atoms with Gasteiger partial charge in [-0.3, -0.25) is 0 Å². The van der Waals surface area contributed by atoms with Crippen LogP contribution in [0, 0.1) is 11.8 Å². The van der Waals surface area contributed by atoms with Crippen LogP contribution < -0.4 is 9.47 Å². The van der Waals surface area contributed by atoms with Gasteiger partial charge in [-0.1, -0.05) is 6.07 Å². The number of aliphatic hydroxyl groups is 1. The predicted octanol–water partition coefficient (Wildman–Crippen LogP) is 1.70. The molecule has 15 heavy (non-hydrogen) atoms. The average Bonchev–Trinajstić information content (AvgIpc) is 3.05. The maximum Gasteiger partial charge on any atom is 0.122 e. The first-order chi connectivity index (χ1) is 7.33. The zero-order valence-corrected chi connectivity index (χ0v) is 8.85. The van der Waals surface area contributed by atoms with Gasteiger partial charge in [0.25, 0.3) is 0 Å². The number of aliphatic hydroxyl groups excluding tert-OH is 1. The van der Waals surface area contributed by atoms with Crippen LogP contribution in [-0.2, 0) is 0 Å². The lowest BCUT2D eigenvalue weighted by Crippen LogP contribution is -2.02. The normalized spacial score (nSPS) is 23.6. The maximum absolute atomic E-state index is 8.88. The minimum atomic E-state index is 0.284. The summed E-state index contributed by atoms with van der Waals surface area (Å²) in [5.41, 5.74) is 0. The van der Waals surface area contributed by atoms with Gasteiger partial charge in [0.1, 0.15) is 11.5 Å². The minimum Gasteiger partial charge on any atom is -0.497 e.